The normalized spacial score (nSPS) is 18.7. The van der Waals surface area contributed by atoms with Crippen LogP contribution >= 0.6 is 0 Å². The zero-order chi connectivity index (χ0) is 13.2. The van der Waals surface area contributed by atoms with Gasteiger partial charge in [-0.2, -0.15) is 0 Å². The van der Waals surface area contributed by atoms with Gasteiger partial charge in [-0.3, -0.25) is 0 Å². The van der Waals surface area contributed by atoms with Gasteiger partial charge >= 0.3 is 0 Å². The zero-order valence-electron chi connectivity index (χ0n) is 11.3. The number of hydrogen-bond acceptors (Lipinski definition) is 3. The molecular formula is C15H22O3. The summed E-state index contributed by atoms with van der Waals surface area (Å²) in [5, 5.41) is 10.9. The number of aliphatic hydroxyl groups is 1. The Morgan fingerprint density at radius 1 is 1.33 bits per heavy atom. The van der Waals surface area contributed by atoms with E-state index < -0.39 is 5.60 Å². The molecule has 0 bridgehead atoms. The molecule has 1 aliphatic carbocycles. The predicted octanol–water partition coefficient (Wildman–Crippen LogP) is 2.72. The van der Waals surface area contributed by atoms with Gasteiger partial charge in [-0.05, 0) is 38.7 Å². The van der Waals surface area contributed by atoms with Crippen molar-refractivity contribution in [3.63, 3.8) is 0 Å². The first-order valence-electron chi connectivity index (χ1n) is 6.55. The molecule has 0 aromatic heterocycles. The lowest BCUT2D eigenvalue weighted by atomic mass is 9.89. The highest BCUT2D eigenvalue weighted by atomic mass is 16.5. The third-order valence-corrected chi connectivity index (χ3v) is 3.33. The maximum atomic E-state index is 10.9. The Morgan fingerprint density at radius 2 is 2.00 bits per heavy atom. The SMILES string of the molecule is COCC(O)(c1ccccc1OC(C)C)C1CC1. The second-order valence-electron chi connectivity index (χ2n) is 5.29. The van der Waals surface area contributed by atoms with Crippen molar-refractivity contribution in [2.24, 2.45) is 5.92 Å². The summed E-state index contributed by atoms with van der Waals surface area (Å²) >= 11 is 0. The molecule has 1 atom stereocenters. The summed E-state index contributed by atoms with van der Waals surface area (Å²) in [7, 11) is 1.62. The first-order valence-corrected chi connectivity index (χ1v) is 6.55. The minimum absolute atomic E-state index is 0.0946. The summed E-state index contributed by atoms with van der Waals surface area (Å²) in [6.07, 6.45) is 2.20. The van der Waals surface area contributed by atoms with Crippen LogP contribution in [-0.4, -0.2) is 24.9 Å². The molecule has 1 N–H and O–H groups in total. The molecular weight excluding hydrogens is 228 g/mol. The zero-order valence-corrected chi connectivity index (χ0v) is 11.3. The highest BCUT2D eigenvalue weighted by Gasteiger charge is 2.46. The van der Waals surface area contributed by atoms with Gasteiger partial charge in [0.05, 0.1) is 12.7 Å². The molecule has 1 aromatic rings. The van der Waals surface area contributed by atoms with Crippen LogP contribution in [-0.2, 0) is 10.3 Å². The van der Waals surface area contributed by atoms with Gasteiger partial charge in [0, 0.05) is 12.7 Å². The van der Waals surface area contributed by atoms with Gasteiger partial charge in [-0.25, -0.2) is 0 Å². The first-order chi connectivity index (χ1) is 8.58. The molecule has 0 heterocycles. The fourth-order valence-electron chi connectivity index (χ4n) is 2.38. The van der Waals surface area contributed by atoms with Crippen molar-refractivity contribution in [1.82, 2.24) is 0 Å². The lowest BCUT2D eigenvalue weighted by Gasteiger charge is -2.30. The van der Waals surface area contributed by atoms with E-state index in [9.17, 15) is 5.11 Å². The van der Waals surface area contributed by atoms with Gasteiger partial charge in [0.15, 0.2) is 0 Å². The third kappa shape index (κ3) is 2.68. The van der Waals surface area contributed by atoms with Crippen molar-refractivity contribution in [2.45, 2.75) is 38.4 Å². The molecule has 1 saturated carbocycles. The summed E-state index contributed by atoms with van der Waals surface area (Å²) in [6, 6.07) is 7.72. The Kier molecular flexibility index (Phi) is 3.93. The van der Waals surface area contributed by atoms with E-state index in [1.165, 1.54) is 0 Å². The van der Waals surface area contributed by atoms with Crippen LogP contribution in [0.15, 0.2) is 24.3 Å². The largest absolute Gasteiger partial charge is 0.491 e. The molecule has 1 fully saturated rings. The topological polar surface area (TPSA) is 38.7 Å². The monoisotopic (exact) mass is 250 g/mol. The van der Waals surface area contributed by atoms with Gasteiger partial charge in [0.25, 0.3) is 0 Å². The molecule has 0 saturated heterocycles. The van der Waals surface area contributed by atoms with Gasteiger partial charge in [0.1, 0.15) is 11.4 Å². The number of para-hydroxylation sites is 1. The Balaban J connectivity index is 2.34. The number of methoxy groups -OCH3 is 1. The van der Waals surface area contributed by atoms with Crippen LogP contribution < -0.4 is 4.74 Å². The average Bonchev–Trinajstić information content (AvgIpc) is 3.13. The summed E-state index contributed by atoms with van der Waals surface area (Å²) in [5.74, 6) is 1.05. The van der Waals surface area contributed by atoms with E-state index in [2.05, 4.69) is 0 Å². The Morgan fingerprint density at radius 3 is 2.56 bits per heavy atom. The van der Waals surface area contributed by atoms with Crippen LogP contribution in [0.1, 0.15) is 32.3 Å². The highest BCUT2D eigenvalue weighted by molar-refractivity contribution is 5.39. The number of rotatable bonds is 6. The van der Waals surface area contributed by atoms with Crippen LogP contribution in [0.25, 0.3) is 0 Å². The van der Waals surface area contributed by atoms with Gasteiger partial charge in [-0.15, -0.1) is 0 Å². The maximum absolute atomic E-state index is 10.9. The highest BCUT2D eigenvalue weighted by Crippen LogP contribution is 2.48. The second-order valence-corrected chi connectivity index (χ2v) is 5.29. The molecule has 18 heavy (non-hydrogen) atoms. The van der Waals surface area contributed by atoms with Crippen LogP contribution in [0.3, 0.4) is 0 Å². The van der Waals surface area contributed by atoms with E-state index >= 15 is 0 Å². The van der Waals surface area contributed by atoms with Gasteiger partial charge < -0.3 is 14.6 Å². The molecule has 3 nitrogen and oxygen atoms in total. The van der Waals surface area contributed by atoms with Crippen LogP contribution in [0.2, 0.25) is 0 Å². The predicted molar refractivity (Wildman–Crippen MR) is 70.7 cm³/mol. The average molecular weight is 250 g/mol. The van der Waals surface area contributed by atoms with E-state index in [1.807, 2.05) is 38.1 Å². The first kappa shape index (κ1) is 13.4. The minimum atomic E-state index is -0.916. The maximum Gasteiger partial charge on any atom is 0.125 e. The molecule has 100 valence electrons. The molecule has 0 aliphatic heterocycles. The smallest absolute Gasteiger partial charge is 0.125 e. The van der Waals surface area contributed by atoms with E-state index in [1.54, 1.807) is 7.11 Å². The third-order valence-electron chi connectivity index (χ3n) is 3.33. The fourth-order valence-corrected chi connectivity index (χ4v) is 2.38. The molecule has 1 unspecified atom stereocenters. The Labute approximate surface area is 109 Å². The Hall–Kier alpha value is -1.06. The van der Waals surface area contributed by atoms with E-state index in [4.69, 9.17) is 9.47 Å². The second kappa shape index (κ2) is 5.29. The lowest BCUT2D eigenvalue weighted by Crippen LogP contribution is -2.34. The molecule has 0 radical (unpaired) electrons. The van der Waals surface area contributed by atoms with Crippen LogP contribution in [0, 0.1) is 5.92 Å². The van der Waals surface area contributed by atoms with Crippen molar-refractivity contribution in [3.05, 3.63) is 29.8 Å². The molecule has 3 heteroatoms. The number of benzene rings is 1. The van der Waals surface area contributed by atoms with Crippen molar-refractivity contribution in [2.75, 3.05) is 13.7 Å². The van der Waals surface area contributed by atoms with E-state index in [0.717, 1.165) is 24.2 Å². The van der Waals surface area contributed by atoms with E-state index in [-0.39, 0.29) is 12.0 Å². The lowest BCUT2D eigenvalue weighted by molar-refractivity contribution is -0.0552. The molecule has 1 aromatic carbocycles. The van der Waals surface area contributed by atoms with Crippen molar-refractivity contribution >= 4 is 0 Å². The van der Waals surface area contributed by atoms with Crippen molar-refractivity contribution < 1.29 is 14.6 Å². The minimum Gasteiger partial charge on any atom is -0.491 e. The quantitative estimate of drug-likeness (QED) is 0.843. The number of ether oxygens (including phenoxy) is 2. The van der Waals surface area contributed by atoms with Crippen LogP contribution in [0.5, 0.6) is 5.75 Å². The number of hydrogen-bond donors (Lipinski definition) is 1. The van der Waals surface area contributed by atoms with Crippen molar-refractivity contribution in [1.29, 1.82) is 0 Å². The van der Waals surface area contributed by atoms with Gasteiger partial charge in [0.2, 0.25) is 0 Å². The molecule has 1 aliphatic rings. The fraction of sp³-hybridized carbons (Fsp3) is 0.600. The van der Waals surface area contributed by atoms with Crippen molar-refractivity contribution in [3.8, 4) is 5.75 Å². The summed E-state index contributed by atoms with van der Waals surface area (Å²) in [4.78, 5) is 0. The molecule has 0 amide bonds. The molecule has 0 spiro atoms. The van der Waals surface area contributed by atoms with E-state index in [0.29, 0.717) is 6.61 Å². The summed E-state index contributed by atoms with van der Waals surface area (Å²) < 4.78 is 11.0. The standard InChI is InChI=1S/C15H22O3/c1-11(2)18-14-7-5-4-6-13(14)15(16,10-17-3)12-8-9-12/h4-7,11-12,16H,8-10H2,1-3H3. The molecule has 2 rings (SSSR count). The van der Waals surface area contributed by atoms with Crippen LogP contribution in [0.4, 0.5) is 0 Å². The van der Waals surface area contributed by atoms with Gasteiger partial charge in [-0.1, -0.05) is 18.2 Å². The summed E-state index contributed by atoms with van der Waals surface area (Å²) in [5.41, 5.74) is -0.0664. The Bertz CT molecular complexity index is 398. The summed E-state index contributed by atoms with van der Waals surface area (Å²) in [6.45, 7) is 4.29.